The monoisotopic (exact) mass is 586 g/mol. The van der Waals surface area contributed by atoms with Crippen molar-refractivity contribution in [3.63, 3.8) is 0 Å². The zero-order valence-corrected chi connectivity index (χ0v) is 23.4. The average molecular weight is 587 g/mol. The fourth-order valence-electron chi connectivity index (χ4n) is 4.51. The van der Waals surface area contributed by atoms with Crippen molar-refractivity contribution in [2.75, 3.05) is 0 Å². The molecule has 2 aromatic heterocycles. The first kappa shape index (κ1) is 27.9. The Labute approximate surface area is 241 Å². The number of hydrogen-bond donors (Lipinski definition) is 2. The molecule has 5 rings (SSSR count). The van der Waals surface area contributed by atoms with Crippen LogP contribution >= 0.6 is 11.6 Å². The van der Waals surface area contributed by atoms with Crippen molar-refractivity contribution in [2.45, 2.75) is 18.2 Å². The lowest BCUT2D eigenvalue weighted by Gasteiger charge is -2.18. The van der Waals surface area contributed by atoms with Crippen LogP contribution in [0.3, 0.4) is 0 Å². The van der Waals surface area contributed by atoms with Crippen molar-refractivity contribution >= 4 is 55.7 Å². The number of sulfonamides is 1. The van der Waals surface area contributed by atoms with Gasteiger partial charge in [0.1, 0.15) is 10.7 Å². The summed E-state index contributed by atoms with van der Waals surface area (Å²) in [5, 5.41) is 8.33. The van der Waals surface area contributed by atoms with Gasteiger partial charge in [0.2, 0.25) is 0 Å². The zero-order chi connectivity index (χ0) is 29.0. The topological polar surface area (TPSA) is 105 Å². The van der Waals surface area contributed by atoms with Crippen molar-refractivity contribution in [1.29, 1.82) is 0 Å². The van der Waals surface area contributed by atoms with Gasteiger partial charge >= 0.3 is 0 Å². The molecule has 3 aromatic carbocycles. The van der Waals surface area contributed by atoms with Crippen LogP contribution < -0.4 is 4.72 Å². The fraction of sp³-hybridized carbons (Fsp3) is 0.0645. The number of allylic oxidation sites excluding steroid dienone is 1. The third-order valence-corrected chi connectivity index (χ3v) is 8.09. The first-order valence-electron chi connectivity index (χ1n) is 12.6. The van der Waals surface area contributed by atoms with Crippen LogP contribution in [0.4, 0.5) is 4.39 Å². The Bertz CT molecular complexity index is 1900. The van der Waals surface area contributed by atoms with E-state index in [4.69, 9.17) is 11.6 Å². The number of halogens is 2. The van der Waals surface area contributed by atoms with Gasteiger partial charge in [0.25, 0.3) is 15.9 Å². The second-order valence-electron chi connectivity index (χ2n) is 9.12. The maximum Gasteiger partial charge on any atom is 0.265 e. The van der Waals surface area contributed by atoms with Gasteiger partial charge in [0.15, 0.2) is 0 Å². The third kappa shape index (κ3) is 6.26. The summed E-state index contributed by atoms with van der Waals surface area (Å²) in [7, 11) is -4.03. The Morgan fingerprint density at radius 2 is 1.80 bits per heavy atom. The van der Waals surface area contributed by atoms with E-state index in [2.05, 4.69) is 15.2 Å². The number of aromatic amines is 1. The fourth-order valence-corrected chi connectivity index (χ4v) is 5.70. The predicted molar refractivity (Wildman–Crippen MR) is 159 cm³/mol. The second-order valence-corrected chi connectivity index (χ2v) is 11.2. The van der Waals surface area contributed by atoms with Gasteiger partial charge in [0, 0.05) is 23.9 Å². The van der Waals surface area contributed by atoms with Gasteiger partial charge in [-0.3, -0.25) is 14.9 Å². The number of hydrogen-bond acceptors (Lipinski definition) is 5. The van der Waals surface area contributed by atoms with E-state index in [1.165, 1.54) is 36.5 Å². The summed E-state index contributed by atoms with van der Waals surface area (Å²) in [5.41, 5.74) is 5.97. The molecule has 206 valence electrons. The molecule has 0 fully saturated rings. The van der Waals surface area contributed by atoms with Crippen LogP contribution in [-0.2, 0) is 14.8 Å². The van der Waals surface area contributed by atoms with Gasteiger partial charge in [-0.1, -0.05) is 54.9 Å². The summed E-state index contributed by atoms with van der Waals surface area (Å²) in [4.78, 5) is 16.0. The highest BCUT2D eigenvalue weighted by molar-refractivity contribution is 7.90. The molecule has 0 saturated carbocycles. The second kappa shape index (κ2) is 11.9. The van der Waals surface area contributed by atoms with E-state index in [0.717, 1.165) is 51.0 Å². The van der Waals surface area contributed by atoms with Gasteiger partial charge in [-0.2, -0.15) is 5.10 Å². The molecular formula is C31H24ClFN4O3S. The predicted octanol–water partition coefficient (Wildman–Crippen LogP) is 6.64. The van der Waals surface area contributed by atoms with Crippen molar-refractivity contribution < 1.29 is 17.6 Å². The first-order chi connectivity index (χ1) is 19.7. The quantitative estimate of drug-likeness (QED) is 0.157. The molecule has 0 spiro atoms. The molecule has 0 unspecified atom stereocenters. The number of carbonyl (C=O) groups is 1. The number of benzene rings is 3. The third-order valence-electron chi connectivity index (χ3n) is 6.45. The van der Waals surface area contributed by atoms with E-state index in [1.807, 2.05) is 54.1 Å². The lowest BCUT2D eigenvalue weighted by atomic mass is 9.87. The lowest BCUT2D eigenvalue weighted by Crippen LogP contribution is -2.29. The van der Waals surface area contributed by atoms with Crippen LogP contribution in [0.2, 0.25) is 5.02 Å². The molecule has 0 atom stereocenters. The van der Waals surface area contributed by atoms with Gasteiger partial charge in [-0.15, -0.1) is 0 Å². The van der Waals surface area contributed by atoms with Crippen LogP contribution in [0.15, 0.2) is 102 Å². The van der Waals surface area contributed by atoms with E-state index >= 15 is 0 Å². The van der Waals surface area contributed by atoms with Crippen molar-refractivity contribution in [3.05, 3.63) is 131 Å². The normalized spacial score (nSPS) is 12.5. The van der Waals surface area contributed by atoms with Gasteiger partial charge in [-0.25, -0.2) is 17.5 Å². The summed E-state index contributed by atoms with van der Waals surface area (Å²) < 4.78 is 40.6. The largest absolute Gasteiger partial charge is 0.278 e. The molecule has 5 aromatic rings. The van der Waals surface area contributed by atoms with Crippen molar-refractivity contribution in [1.82, 2.24) is 19.9 Å². The van der Waals surface area contributed by atoms with E-state index in [0.29, 0.717) is 17.0 Å². The Morgan fingerprint density at radius 1 is 1.02 bits per heavy atom. The SMILES string of the molecule is CC/C(=C(/c1ccc(/C=C/C(=O)NS(=O)(=O)c2cccnc2)cc1)c1ccc2[nH]ncc2c1)c1ccc(F)cc1Cl. The summed E-state index contributed by atoms with van der Waals surface area (Å²) in [6.45, 7) is 2.01. The number of pyridine rings is 1. The molecule has 0 aliphatic heterocycles. The molecule has 41 heavy (non-hydrogen) atoms. The van der Waals surface area contributed by atoms with E-state index in [9.17, 15) is 17.6 Å². The smallest absolute Gasteiger partial charge is 0.265 e. The molecule has 10 heteroatoms. The molecule has 7 nitrogen and oxygen atoms in total. The minimum Gasteiger partial charge on any atom is -0.278 e. The van der Waals surface area contributed by atoms with Crippen LogP contribution in [0.1, 0.15) is 35.6 Å². The molecular weight excluding hydrogens is 563 g/mol. The zero-order valence-electron chi connectivity index (χ0n) is 21.8. The number of rotatable bonds is 8. The van der Waals surface area contributed by atoms with Gasteiger partial charge in [0.05, 0.1) is 16.7 Å². The Kier molecular flexibility index (Phi) is 8.09. The number of H-pyrrole nitrogens is 1. The Morgan fingerprint density at radius 3 is 2.51 bits per heavy atom. The highest BCUT2D eigenvalue weighted by Gasteiger charge is 2.18. The minimum absolute atomic E-state index is 0.105. The van der Waals surface area contributed by atoms with Crippen molar-refractivity contribution in [3.8, 4) is 0 Å². The number of nitrogens with zero attached hydrogens (tertiary/aromatic N) is 2. The lowest BCUT2D eigenvalue weighted by molar-refractivity contribution is -0.114. The van der Waals surface area contributed by atoms with E-state index in [1.54, 1.807) is 12.3 Å². The minimum atomic E-state index is -4.03. The Hall–Kier alpha value is -4.60. The number of nitrogens with one attached hydrogen (secondary N) is 2. The van der Waals surface area contributed by atoms with E-state index in [-0.39, 0.29) is 4.90 Å². The van der Waals surface area contributed by atoms with Gasteiger partial charge < -0.3 is 0 Å². The molecule has 2 N–H and O–H groups in total. The summed E-state index contributed by atoms with van der Waals surface area (Å²) in [6, 6.07) is 20.6. The maximum absolute atomic E-state index is 13.9. The molecule has 1 amide bonds. The standard InChI is InChI=1S/C31H24ClFN4O3S/c1-2-26(27-12-11-24(33)17-28(27)32)31(22-10-13-29-23(16-22)18-35-36-29)21-8-5-20(6-9-21)7-14-30(38)37-41(39,40)25-4-3-15-34-19-25/h3-19H,2H2,1H3,(H,35,36)(H,37,38)/b14-7+,31-26+. The molecule has 0 saturated heterocycles. The summed E-state index contributed by atoms with van der Waals surface area (Å²) >= 11 is 6.50. The van der Waals surface area contributed by atoms with Crippen molar-refractivity contribution in [2.24, 2.45) is 0 Å². The number of aromatic nitrogens is 3. The summed E-state index contributed by atoms with van der Waals surface area (Å²) in [6.07, 6.45) is 7.66. The molecule has 2 heterocycles. The highest BCUT2D eigenvalue weighted by Crippen LogP contribution is 2.38. The number of amides is 1. The first-order valence-corrected chi connectivity index (χ1v) is 14.5. The number of carbonyl (C=O) groups excluding carboxylic acids is 1. The molecule has 0 bridgehead atoms. The summed E-state index contributed by atoms with van der Waals surface area (Å²) in [5.74, 6) is -1.20. The van der Waals surface area contributed by atoms with Crippen LogP contribution in [0, 0.1) is 5.82 Å². The molecule has 0 aliphatic rings. The van der Waals surface area contributed by atoms with E-state index < -0.39 is 21.7 Å². The molecule has 0 aliphatic carbocycles. The Balaban J connectivity index is 1.49. The van der Waals surface area contributed by atoms with Crippen LogP contribution in [0.25, 0.3) is 28.1 Å². The number of fused-ring (bicyclic) bond motifs is 1. The van der Waals surface area contributed by atoms with Crippen LogP contribution in [-0.4, -0.2) is 29.5 Å². The molecule has 0 radical (unpaired) electrons. The maximum atomic E-state index is 13.9. The van der Waals surface area contributed by atoms with Crippen LogP contribution in [0.5, 0.6) is 0 Å². The average Bonchev–Trinajstić information content (AvgIpc) is 3.44. The van der Waals surface area contributed by atoms with Gasteiger partial charge in [-0.05, 0) is 82.3 Å². The highest BCUT2D eigenvalue weighted by atomic mass is 35.5.